The highest BCUT2D eigenvalue weighted by Crippen LogP contribution is 2.25. The second-order valence-electron chi connectivity index (χ2n) is 5.73. The molecule has 0 bridgehead atoms. The average Bonchev–Trinajstić information content (AvgIpc) is 2.41. The molecule has 0 unspecified atom stereocenters. The molecule has 0 aromatic heterocycles. The summed E-state index contributed by atoms with van der Waals surface area (Å²) in [4.78, 5) is 0. The summed E-state index contributed by atoms with van der Waals surface area (Å²) in [5.41, 5.74) is 8.26. The third-order valence-corrected chi connectivity index (χ3v) is 3.37. The summed E-state index contributed by atoms with van der Waals surface area (Å²) in [6.07, 6.45) is 1.95. The zero-order valence-corrected chi connectivity index (χ0v) is 12.0. The molecular formula is C17H21FN2. The Bertz CT molecular complexity index is 564. The third-order valence-electron chi connectivity index (χ3n) is 3.37. The second-order valence-corrected chi connectivity index (χ2v) is 5.73. The van der Waals surface area contributed by atoms with Gasteiger partial charge in [-0.25, -0.2) is 4.39 Å². The molecule has 0 aliphatic rings. The number of anilines is 2. The number of nitrogens with two attached hydrogens (primary N) is 1. The van der Waals surface area contributed by atoms with Crippen LogP contribution in [-0.2, 0) is 6.42 Å². The van der Waals surface area contributed by atoms with Gasteiger partial charge in [0, 0.05) is 5.54 Å². The maximum Gasteiger partial charge on any atom is 0.125 e. The second kappa shape index (κ2) is 5.95. The van der Waals surface area contributed by atoms with E-state index < -0.39 is 0 Å². The molecule has 3 N–H and O–H groups in total. The summed E-state index contributed by atoms with van der Waals surface area (Å²) >= 11 is 0. The molecule has 0 saturated heterocycles. The number of rotatable bonds is 5. The Morgan fingerprint density at radius 3 is 2.45 bits per heavy atom. The zero-order chi connectivity index (χ0) is 14.6. The van der Waals surface area contributed by atoms with Crippen LogP contribution in [0.3, 0.4) is 0 Å². The Balaban J connectivity index is 2.00. The summed E-state index contributed by atoms with van der Waals surface area (Å²) in [7, 11) is 0. The Morgan fingerprint density at radius 2 is 1.80 bits per heavy atom. The highest BCUT2D eigenvalue weighted by molar-refractivity contribution is 5.66. The molecule has 0 aliphatic carbocycles. The average molecular weight is 272 g/mol. The molecule has 0 amide bonds. The van der Waals surface area contributed by atoms with E-state index in [0.717, 1.165) is 18.5 Å². The van der Waals surface area contributed by atoms with Gasteiger partial charge in [-0.1, -0.05) is 30.3 Å². The van der Waals surface area contributed by atoms with Crippen LogP contribution in [0.5, 0.6) is 0 Å². The van der Waals surface area contributed by atoms with Crippen molar-refractivity contribution in [1.29, 1.82) is 0 Å². The first-order valence-corrected chi connectivity index (χ1v) is 6.83. The van der Waals surface area contributed by atoms with Crippen molar-refractivity contribution < 1.29 is 4.39 Å². The summed E-state index contributed by atoms with van der Waals surface area (Å²) in [5.74, 6) is -0.310. The van der Waals surface area contributed by atoms with Gasteiger partial charge < -0.3 is 11.1 Å². The molecule has 0 heterocycles. The van der Waals surface area contributed by atoms with Gasteiger partial charge in [-0.15, -0.1) is 0 Å². The smallest absolute Gasteiger partial charge is 0.125 e. The van der Waals surface area contributed by atoms with E-state index in [1.807, 2.05) is 18.2 Å². The SMILES string of the molecule is CC(C)(CCc1ccccc1)Nc1ccc(F)cc1N. The molecular weight excluding hydrogens is 251 g/mol. The zero-order valence-electron chi connectivity index (χ0n) is 12.0. The van der Waals surface area contributed by atoms with Gasteiger partial charge in [-0.3, -0.25) is 0 Å². The maximum atomic E-state index is 13.0. The van der Waals surface area contributed by atoms with Crippen LogP contribution in [0.15, 0.2) is 48.5 Å². The van der Waals surface area contributed by atoms with Crippen molar-refractivity contribution in [3.05, 3.63) is 59.9 Å². The molecule has 0 aliphatic heterocycles. The summed E-state index contributed by atoms with van der Waals surface area (Å²) in [6, 6.07) is 14.8. The highest BCUT2D eigenvalue weighted by atomic mass is 19.1. The normalized spacial score (nSPS) is 11.3. The first kappa shape index (κ1) is 14.4. The fourth-order valence-corrected chi connectivity index (χ4v) is 2.18. The Labute approximate surface area is 119 Å². The number of hydrogen-bond acceptors (Lipinski definition) is 2. The molecule has 0 atom stereocenters. The molecule has 2 aromatic rings. The Morgan fingerprint density at radius 1 is 1.10 bits per heavy atom. The van der Waals surface area contributed by atoms with E-state index in [4.69, 9.17) is 5.73 Å². The van der Waals surface area contributed by atoms with Crippen LogP contribution >= 0.6 is 0 Å². The van der Waals surface area contributed by atoms with Crippen molar-refractivity contribution in [2.75, 3.05) is 11.1 Å². The molecule has 2 nitrogen and oxygen atoms in total. The number of aryl methyl sites for hydroxylation is 1. The standard InChI is InChI=1S/C17H21FN2/c1-17(2,11-10-13-6-4-3-5-7-13)20-16-9-8-14(18)12-15(16)19/h3-9,12,20H,10-11,19H2,1-2H3. The fourth-order valence-electron chi connectivity index (χ4n) is 2.18. The molecule has 0 fully saturated rings. The minimum Gasteiger partial charge on any atom is -0.397 e. The van der Waals surface area contributed by atoms with Gasteiger partial charge >= 0.3 is 0 Å². The Kier molecular flexibility index (Phi) is 4.28. The van der Waals surface area contributed by atoms with Crippen LogP contribution in [-0.4, -0.2) is 5.54 Å². The molecule has 3 heteroatoms. The van der Waals surface area contributed by atoms with Gasteiger partial charge in [0.05, 0.1) is 11.4 Å². The number of nitrogen functional groups attached to an aromatic ring is 1. The topological polar surface area (TPSA) is 38.0 Å². The first-order valence-electron chi connectivity index (χ1n) is 6.83. The van der Waals surface area contributed by atoms with Crippen LogP contribution < -0.4 is 11.1 Å². The van der Waals surface area contributed by atoms with Gasteiger partial charge in [-0.2, -0.15) is 0 Å². The lowest BCUT2D eigenvalue weighted by Gasteiger charge is -2.28. The van der Waals surface area contributed by atoms with Crippen LogP contribution in [0.2, 0.25) is 0 Å². The van der Waals surface area contributed by atoms with E-state index in [9.17, 15) is 4.39 Å². The molecule has 0 saturated carbocycles. The van der Waals surface area contributed by atoms with Crippen molar-refractivity contribution in [3.8, 4) is 0 Å². The maximum absolute atomic E-state index is 13.0. The number of halogens is 1. The summed E-state index contributed by atoms with van der Waals surface area (Å²) in [6.45, 7) is 4.25. The minimum atomic E-state index is -0.310. The predicted molar refractivity (Wildman–Crippen MR) is 83.3 cm³/mol. The first-order chi connectivity index (χ1) is 9.46. The Hall–Kier alpha value is -2.03. The lowest BCUT2D eigenvalue weighted by Crippen LogP contribution is -2.31. The number of benzene rings is 2. The lowest BCUT2D eigenvalue weighted by molar-refractivity contribution is 0.518. The van der Waals surface area contributed by atoms with Crippen molar-refractivity contribution in [1.82, 2.24) is 0 Å². The lowest BCUT2D eigenvalue weighted by atomic mass is 9.95. The van der Waals surface area contributed by atoms with E-state index >= 15 is 0 Å². The molecule has 20 heavy (non-hydrogen) atoms. The quantitative estimate of drug-likeness (QED) is 0.799. The number of nitrogens with one attached hydrogen (secondary N) is 1. The van der Waals surface area contributed by atoms with Crippen LogP contribution in [0.25, 0.3) is 0 Å². The van der Waals surface area contributed by atoms with Crippen molar-refractivity contribution in [3.63, 3.8) is 0 Å². The monoisotopic (exact) mass is 272 g/mol. The molecule has 2 aromatic carbocycles. The van der Waals surface area contributed by atoms with Crippen molar-refractivity contribution in [2.45, 2.75) is 32.2 Å². The van der Waals surface area contributed by atoms with Crippen molar-refractivity contribution in [2.24, 2.45) is 0 Å². The summed E-state index contributed by atoms with van der Waals surface area (Å²) in [5, 5.41) is 3.39. The van der Waals surface area contributed by atoms with Gasteiger partial charge in [0.15, 0.2) is 0 Å². The van der Waals surface area contributed by atoms with E-state index in [2.05, 4.69) is 31.3 Å². The van der Waals surface area contributed by atoms with Crippen LogP contribution in [0, 0.1) is 5.82 Å². The van der Waals surface area contributed by atoms with Crippen molar-refractivity contribution >= 4 is 11.4 Å². The molecule has 0 spiro atoms. The van der Waals surface area contributed by atoms with E-state index in [-0.39, 0.29) is 11.4 Å². The van der Waals surface area contributed by atoms with E-state index in [0.29, 0.717) is 5.69 Å². The minimum absolute atomic E-state index is 0.109. The molecule has 2 rings (SSSR count). The third kappa shape index (κ3) is 3.98. The van der Waals surface area contributed by atoms with Gasteiger partial charge in [0.1, 0.15) is 5.82 Å². The largest absolute Gasteiger partial charge is 0.397 e. The molecule has 0 radical (unpaired) electrons. The highest BCUT2D eigenvalue weighted by Gasteiger charge is 2.18. The van der Waals surface area contributed by atoms with E-state index in [1.165, 1.54) is 17.7 Å². The fraction of sp³-hybridized carbons (Fsp3) is 0.294. The van der Waals surface area contributed by atoms with Crippen LogP contribution in [0.4, 0.5) is 15.8 Å². The summed E-state index contributed by atoms with van der Waals surface area (Å²) < 4.78 is 13.0. The van der Waals surface area contributed by atoms with Crippen LogP contribution in [0.1, 0.15) is 25.8 Å². The van der Waals surface area contributed by atoms with Gasteiger partial charge in [0.2, 0.25) is 0 Å². The van der Waals surface area contributed by atoms with Gasteiger partial charge in [-0.05, 0) is 50.5 Å². The predicted octanol–water partition coefficient (Wildman–Crippen LogP) is 4.23. The van der Waals surface area contributed by atoms with E-state index in [1.54, 1.807) is 6.07 Å². The van der Waals surface area contributed by atoms with Gasteiger partial charge in [0.25, 0.3) is 0 Å². The number of hydrogen-bond donors (Lipinski definition) is 2. The molecule has 106 valence electrons.